The zero-order valence-corrected chi connectivity index (χ0v) is 25.1. The second-order valence-corrected chi connectivity index (χ2v) is 11.9. The SMILES string of the molecule is COc1cc(N2CC(N(C)C)C2)c(N)cc1Nc1ncc(C(=O)OC(C)C)c(N2CC(C)(C)c3nc(C)ccc32)n1. The normalized spacial score (nSPS) is 16.1. The van der Waals surface area contributed by atoms with Gasteiger partial charge < -0.3 is 35.2 Å². The third-order valence-electron chi connectivity index (χ3n) is 7.61. The molecular formula is C30H40N8O3. The minimum Gasteiger partial charge on any atom is -0.494 e. The molecule has 11 nitrogen and oxygen atoms in total. The van der Waals surface area contributed by atoms with Crippen LogP contribution in [-0.2, 0) is 10.2 Å². The minimum atomic E-state index is -0.482. The van der Waals surface area contributed by atoms with E-state index < -0.39 is 5.97 Å². The van der Waals surface area contributed by atoms with Crippen LogP contribution in [0.5, 0.6) is 5.75 Å². The number of nitrogen functional groups attached to an aromatic ring is 1. The number of fused-ring (bicyclic) bond motifs is 1. The lowest BCUT2D eigenvalue weighted by atomic mass is 9.91. The smallest absolute Gasteiger partial charge is 0.343 e. The molecule has 0 unspecified atom stereocenters. The van der Waals surface area contributed by atoms with Gasteiger partial charge in [0, 0.05) is 49.0 Å². The average Bonchev–Trinajstić information content (AvgIpc) is 3.13. The van der Waals surface area contributed by atoms with Crippen LogP contribution in [0.1, 0.15) is 49.4 Å². The number of anilines is 6. The number of esters is 1. The van der Waals surface area contributed by atoms with Gasteiger partial charge in [-0.25, -0.2) is 9.78 Å². The van der Waals surface area contributed by atoms with E-state index in [2.05, 4.69) is 48.0 Å². The summed E-state index contributed by atoms with van der Waals surface area (Å²) in [6, 6.07) is 8.26. The van der Waals surface area contributed by atoms with Crippen molar-refractivity contribution in [1.29, 1.82) is 0 Å². The molecule has 0 aliphatic carbocycles. The molecule has 2 aliphatic heterocycles. The number of rotatable bonds is 8. The van der Waals surface area contributed by atoms with E-state index in [1.807, 2.05) is 49.9 Å². The van der Waals surface area contributed by atoms with Gasteiger partial charge in [-0.1, -0.05) is 13.8 Å². The van der Waals surface area contributed by atoms with Gasteiger partial charge in [-0.2, -0.15) is 4.98 Å². The number of hydrogen-bond acceptors (Lipinski definition) is 11. The Hall–Kier alpha value is -4.12. The molecule has 5 rings (SSSR count). The fourth-order valence-electron chi connectivity index (χ4n) is 5.30. The number of carbonyl (C=O) groups excluding carboxylic acids is 1. The fraction of sp³-hybridized carbons (Fsp3) is 0.467. The molecule has 41 heavy (non-hydrogen) atoms. The molecule has 0 radical (unpaired) electrons. The Morgan fingerprint density at radius 2 is 1.90 bits per heavy atom. The zero-order chi connectivity index (χ0) is 29.6. The van der Waals surface area contributed by atoms with E-state index in [1.165, 1.54) is 6.20 Å². The number of nitrogens with two attached hydrogens (primary N) is 1. The number of hydrogen-bond donors (Lipinski definition) is 2. The first-order valence-corrected chi connectivity index (χ1v) is 13.9. The third kappa shape index (κ3) is 5.46. The number of aryl methyl sites for hydroxylation is 1. The van der Waals surface area contributed by atoms with Gasteiger partial charge in [-0.3, -0.25) is 4.98 Å². The van der Waals surface area contributed by atoms with Gasteiger partial charge in [0.15, 0.2) is 5.82 Å². The maximum absolute atomic E-state index is 13.2. The van der Waals surface area contributed by atoms with E-state index >= 15 is 0 Å². The summed E-state index contributed by atoms with van der Waals surface area (Å²) in [4.78, 5) is 33.8. The number of methoxy groups -OCH3 is 1. The lowest BCUT2D eigenvalue weighted by Gasteiger charge is -2.44. The highest BCUT2D eigenvalue weighted by atomic mass is 16.5. The Morgan fingerprint density at radius 1 is 1.17 bits per heavy atom. The summed E-state index contributed by atoms with van der Waals surface area (Å²) in [5.74, 6) is 0.881. The van der Waals surface area contributed by atoms with Crippen LogP contribution in [0.4, 0.5) is 34.5 Å². The van der Waals surface area contributed by atoms with Crippen LogP contribution in [0, 0.1) is 6.92 Å². The number of carbonyl (C=O) groups is 1. The van der Waals surface area contributed by atoms with E-state index in [9.17, 15) is 4.79 Å². The molecule has 0 amide bonds. The first kappa shape index (κ1) is 28.4. The van der Waals surface area contributed by atoms with Crippen LogP contribution in [0.3, 0.4) is 0 Å². The number of aromatic nitrogens is 3. The summed E-state index contributed by atoms with van der Waals surface area (Å²) in [7, 11) is 5.79. The number of benzene rings is 1. The van der Waals surface area contributed by atoms with Crippen LogP contribution in [-0.4, -0.2) is 78.8 Å². The van der Waals surface area contributed by atoms with Gasteiger partial charge >= 0.3 is 5.97 Å². The van der Waals surface area contributed by atoms with E-state index in [1.54, 1.807) is 7.11 Å². The van der Waals surface area contributed by atoms with Crippen molar-refractivity contribution in [3.05, 3.63) is 47.4 Å². The van der Waals surface area contributed by atoms with Crippen LogP contribution < -0.4 is 25.6 Å². The second-order valence-electron chi connectivity index (χ2n) is 11.9. The molecule has 11 heteroatoms. The molecule has 1 saturated heterocycles. The Kier molecular flexibility index (Phi) is 7.41. The highest BCUT2D eigenvalue weighted by Crippen LogP contribution is 2.44. The average molecular weight is 561 g/mol. The minimum absolute atomic E-state index is 0.255. The van der Waals surface area contributed by atoms with Crippen molar-refractivity contribution in [1.82, 2.24) is 19.9 Å². The van der Waals surface area contributed by atoms with Gasteiger partial charge in [0.25, 0.3) is 0 Å². The van der Waals surface area contributed by atoms with E-state index in [0.717, 1.165) is 35.9 Å². The van der Waals surface area contributed by atoms with Crippen molar-refractivity contribution >= 4 is 40.5 Å². The van der Waals surface area contributed by atoms with Gasteiger partial charge in [-0.05, 0) is 53.1 Å². The summed E-state index contributed by atoms with van der Waals surface area (Å²) in [5.41, 5.74) is 11.5. The summed E-state index contributed by atoms with van der Waals surface area (Å²) in [6.45, 7) is 12.3. The van der Waals surface area contributed by atoms with Gasteiger partial charge in [-0.15, -0.1) is 0 Å². The van der Waals surface area contributed by atoms with Crippen molar-refractivity contribution in [2.75, 3.05) is 61.7 Å². The fourth-order valence-corrected chi connectivity index (χ4v) is 5.30. The first-order valence-electron chi connectivity index (χ1n) is 13.9. The molecule has 3 aromatic rings. The zero-order valence-electron chi connectivity index (χ0n) is 25.1. The maximum Gasteiger partial charge on any atom is 0.343 e. The summed E-state index contributed by atoms with van der Waals surface area (Å²) < 4.78 is 11.3. The second kappa shape index (κ2) is 10.7. The lowest BCUT2D eigenvalue weighted by Crippen LogP contribution is -2.57. The molecule has 4 heterocycles. The Balaban J connectivity index is 1.51. The molecule has 0 spiro atoms. The predicted molar refractivity (Wildman–Crippen MR) is 162 cm³/mol. The van der Waals surface area contributed by atoms with Crippen molar-refractivity contribution in [3.63, 3.8) is 0 Å². The molecule has 2 aromatic heterocycles. The molecule has 2 aliphatic rings. The van der Waals surface area contributed by atoms with E-state index in [-0.39, 0.29) is 17.1 Å². The predicted octanol–water partition coefficient (Wildman–Crippen LogP) is 4.26. The topological polar surface area (TPSA) is 122 Å². The number of nitrogens with zero attached hydrogens (tertiary/aromatic N) is 6. The third-order valence-corrected chi connectivity index (χ3v) is 7.61. The highest BCUT2D eigenvalue weighted by molar-refractivity contribution is 5.96. The Bertz CT molecular complexity index is 1470. The standard InChI is InChI=1S/C30H40N8O3/c1-17(2)41-28(39)20-13-32-29(35-27(20)38-16-30(4,5)26-23(38)10-9-18(3)33-26)34-22-11-21(31)24(12-25(22)40-8)37-14-19(15-37)36(6)7/h9-13,17,19H,14-16,31H2,1-8H3,(H,32,34,35). The largest absolute Gasteiger partial charge is 0.494 e. The van der Waals surface area contributed by atoms with Crippen molar-refractivity contribution in [2.45, 2.75) is 52.2 Å². The Morgan fingerprint density at radius 3 is 2.56 bits per heavy atom. The van der Waals surface area contributed by atoms with Crippen LogP contribution in [0.25, 0.3) is 0 Å². The molecule has 0 saturated carbocycles. The van der Waals surface area contributed by atoms with E-state index in [0.29, 0.717) is 41.5 Å². The number of pyridine rings is 1. The van der Waals surface area contributed by atoms with E-state index in [4.69, 9.17) is 25.2 Å². The van der Waals surface area contributed by atoms with Crippen molar-refractivity contribution in [3.8, 4) is 5.75 Å². The quantitative estimate of drug-likeness (QED) is 0.304. The molecule has 218 valence electrons. The van der Waals surface area contributed by atoms with Gasteiger partial charge in [0.2, 0.25) is 5.95 Å². The van der Waals surface area contributed by atoms with Gasteiger partial charge in [0.1, 0.15) is 11.3 Å². The van der Waals surface area contributed by atoms with Crippen LogP contribution in [0.2, 0.25) is 0 Å². The maximum atomic E-state index is 13.2. The lowest BCUT2D eigenvalue weighted by molar-refractivity contribution is 0.0378. The summed E-state index contributed by atoms with van der Waals surface area (Å²) >= 11 is 0. The van der Waals surface area contributed by atoms with Crippen molar-refractivity contribution in [2.24, 2.45) is 0 Å². The molecule has 0 atom stereocenters. The first-order chi connectivity index (χ1) is 19.4. The van der Waals surface area contributed by atoms with Gasteiger partial charge in [0.05, 0.1) is 41.7 Å². The highest BCUT2D eigenvalue weighted by Gasteiger charge is 2.40. The number of nitrogens with one attached hydrogen (secondary N) is 1. The monoisotopic (exact) mass is 560 g/mol. The number of ether oxygens (including phenoxy) is 2. The summed E-state index contributed by atoms with van der Waals surface area (Å²) in [5, 5.41) is 3.27. The summed E-state index contributed by atoms with van der Waals surface area (Å²) in [6.07, 6.45) is 1.22. The van der Waals surface area contributed by atoms with Crippen LogP contribution >= 0.6 is 0 Å². The molecule has 1 fully saturated rings. The Labute approximate surface area is 241 Å². The van der Waals surface area contributed by atoms with Crippen molar-refractivity contribution < 1.29 is 14.3 Å². The molecule has 0 bridgehead atoms. The molecule has 1 aromatic carbocycles. The molecular weight excluding hydrogens is 520 g/mol. The molecule has 3 N–H and O–H groups in total. The van der Waals surface area contributed by atoms with Crippen LogP contribution in [0.15, 0.2) is 30.5 Å². The number of likely N-dealkylation sites (N-methyl/N-ethyl adjacent to an activating group) is 1.